The van der Waals surface area contributed by atoms with Crippen molar-refractivity contribution in [2.45, 2.75) is 61.0 Å². The Kier molecular flexibility index (Phi) is 51.5. The van der Waals surface area contributed by atoms with Gasteiger partial charge in [0.05, 0.1) is 66.1 Å². The fourth-order valence-corrected chi connectivity index (χ4v) is 1.22. The molecule has 276 valence electrons. The van der Waals surface area contributed by atoms with Gasteiger partial charge in [0, 0.05) is 0 Å². The van der Waals surface area contributed by atoms with E-state index < -0.39 is 136 Å². The van der Waals surface area contributed by atoms with Crippen LogP contribution in [-0.2, 0) is 0 Å². The standard InChI is InChI=1S/5C4H10O4.H3O3P/c5*5-1-3(7)4(8)2-6;1-4(2)3/h5*3-8H,1-2H2;1-3H/t5*3-,4+;. The Bertz CT molecular complexity index is 379. The minimum atomic E-state index is -2.62. The maximum Gasteiger partial charge on any atom is 0.324 e. The van der Waals surface area contributed by atoms with Crippen LogP contribution in [0.2, 0.25) is 0 Å². The second-order valence-electron chi connectivity index (χ2n) is 7.77. The van der Waals surface area contributed by atoms with Gasteiger partial charge in [-0.15, -0.1) is 0 Å². The van der Waals surface area contributed by atoms with E-state index in [1.807, 2.05) is 0 Å². The van der Waals surface area contributed by atoms with Crippen LogP contribution in [0, 0.1) is 0 Å². The third kappa shape index (κ3) is 43.6. The normalized spacial score (nSPS) is 17.2. The highest BCUT2D eigenvalue weighted by molar-refractivity contribution is 7.38. The number of aliphatic hydroxyl groups is 20. The molecule has 23 N–H and O–H groups in total. The molecule has 0 aromatic heterocycles. The topological polar surface area (TPSA) is 465 Å². The molecule has 0 rings (SSSR count). The third-order valence-electron chi connectivity index (χ3n) is 4.09. The van der Waals surface area contributed by atoms with E-state index >= 15 is 0 Å². The summed E-state index contributed by atoms with van der Waals surface area (Å²) in [5.74, 6) is 0. The molecule has 0 radical (unpaired) electrons. The quantitative estimate of drug-likeness (QED) is 0.0708. The van der Waals surface area contributed by atoms with Crippen LogP contribution in [-0.4, -0.2) is 244 Å². The van der Waals surface area contributed by atoms with E-state index in [9.17, 15) is 0 Å². The van der Waals surface area contributed by atoms with Gasteiger partial charge in [-0.2, -0.15) is 0 Å². The predicted octanol–water partition coefficient (Wildman–Crippen LogP) is -12.3. The van der Waals surface area contributed by atoms with E-state index in [4.69, 9.17) is 117 Å². The molecule has 0 saturated heterocycles. The first-order chi connectivity index (χ1) is 20.3. The molecule has 0 amide bonds. The van der Waals surface area contributed by atoms with E-state index in [1.165, 1.54) is 0 Å². The molecule has 0 aromatic rings. The first-order valence-electron chi connectivity index (χ1n) is 12.1. The van der Waals surface area contributed by atoms with Crippen molar-refractivity contribution in [2.24, 2.45) is 0 Å². The van der Waals surface area contributed by atoms with Crippen LogP contribution in [0.1, 0.15) is 0 Å². The lowest BCUT2D eigenvalue weighted by Crippen LogP contribution is -2.31. The molecule has 0 aliphatic rings. The average molecular weight is 693 g/mol. The SMILES string of the molecule is OC[C@@H](O)[C@@H](O)CO.OC[C@@H](O)[C@@H](O)CO.OC[C@@H](O)[C@@H](O)CO.OC[C@@H](O)[C@@H](O)CO.OC[C@@H](O)[C@@H](O)CO.OP(O)O. The van der Waals surface area contributed by atoms with Gasteiger partial charge in [0.2, 0.25) is 0 Å². The van der Waals surface area contributed by atoms with Crippen molar-refractivity contribution in [3.05, 3.63) is 0 Å². The molecule has 0 unspecified atom stereocenters. The largest absolute Gasteiger partial charge is 0.394 e. The summed E-state index contributed by atoms with van der Waals surface area (Å²) >= 11 is 0. The lowest BCUT2D eigenvalue weighted by atomic mass is 10.2. The molecule has 0 bridgehead atoms. The number of rotatable bonds is 15. The van der Waals surface area contributed by atoms with Crippen LogP contribution >= 0.6 is 8.60 Å². The highest BCUT2D eigenvalue weighted by atomic mass is 31.2. The first-order valence-corrected chi connectivity index (χ1v) is 13.3. The zero-order valence-electron chi connectivity index (χ0n) is 23.6. The molecule has 0 aliphatic carbocycles. The van der Waals surface area contributed by atoms with Gasteiger partial charge in [-0.3, -0.25) is 0 Å². The molecule has 24 heteroatoms. The Morgan fingerprint density at radius 2 is 0.273 bits per heavy atom. The Balaban J connectivity index is -0.0000000995. The summed E-state index contributed by atoms with van der Waals surface area (Å²) in [5, 5.41) is 166. The predicted molar refractivity (Wildman–Crippen MR) is 145 cm³/mol. The van der Waals surface area contributed by atoms with Crippen LogP contribution in [0.4, 0.5) is 0 Å². The van der Waals surface area contributed by atoms with E-state index in [0.29, 0.717) is 0 Å². The van der Waals surface area contributed by atoms with E-state index in [1.54, 1.807) is 0 Å². The molecule has 0 fully saturated rings. The van der Waals surface area contributed by atoms with E-state index in [0.717, 1.165) is 0 Å². The molecule has 44 heavy (non-hydrogen) atoms. The van der Waals surface area contributed by atoms with E-state index in [2.05, 4.69) is 0 Å². The van der Waals surface area contributed by atoms with Crippen molar-refractivity contribution < 1.29 is 117 Å². The summed E-state index contributed by atoms with van der Waals surface area (Å²) in [7, 11) is -2.62. The minimum Gasteiger partial charge on any atom is -0.394 e. The maximum absolute atomic E-state index is 8.47. The summed E-state index contributed by atoms with van der Waals surface area (Å²) in [5.41, 5.74) is 0. The Morgan fingerprint density at radius 1 is 0.227 bits per heavy atom. The minimum absolute atomic E-state index is 0.526. The summed E-state index contributed by atoms with van der Waals surface area (Å²) in [6, 6.07) is 0. The van der Waals surface area contributed by atoms with Gasteiger partial charge in [0.15, 0.2) is 0 Å². The molecule has 0 heterocycles. The van der Waals surface area contributed by atoms with Gasteiger partial charge in [0.1, 0.15) is 61.0 Å². The molecule has 10 atom stereocenters. The van der Waals surface area contributed by atoms with Gasteiger partial charge >= 0.3 is 8.60 Å². The van der Waals surface area contributed by atoms with Crippen LogP contribution < -0.4 is 0 Å². The smallest absolute Gasteiger partial charge is 0.324 e. The van der Waals surface area contributed by atoms with E-state index in [-0.39, 0.29) is 0 Å². The van der Waals surface area contributed by atoms with Crippen molar-refractivity contribution >= 4 is 8.60 Å². The first kappa shape index (κ1) is 55.9. The lowest BCUT2D eigenvalue weighted by molar-refractivity contribution is -0.0388. The molecular weight excluding hydrogens is 639 g/mol. The van der Waals surface area contributed by atoms with Gasteiger partial charge in [-0.05, 0) is 0 Å². The summed E-state index contributed by atoms with van der Waals surface area (Å²) in [4.78, 5) is 21.7. The Hall–Kier alpha value is -0.490. The highest BCUT2D eigenvalue weighted by Gasteiger charge is 2.14. The third-order valence-corrected chi connectivity index (χ3v) is 4.09. The summed E-state index contributed by atoms with van der Waals surface area (Å²) in [6.07, 6.45) is -12.2. The van der Waals surface area contributed by atoms with Crippen molar-refractivity contribution in [3.8, 4) is 0 Å². The number of hydrogen-bond acceptors (Lipinski definition) is 23. The molecule has 23 nitrogen and oxygen atoms in total. The van der Waals surface area contributed by atoms with Crippen molar-refractivity contribution in [1.82, 2.24) is 0 Å². The second kappa shape index (κ2) is 40.5. The van der Waals surface area contributed by atoms with Crippen LogP contribution in [0.25, 0.3) is 0 Å². The van der Waals surface area contributed by atoms with Crippen LogP contribution in [0.5, 0.6) is 0 Å². The average Bonchev–Trinajstić information content (AvgIpc) is 3.04. The second-order valence-corrected chi connectivity index (χ2v) is 8.30. The van der Waals surface area contributed by atoms with Crippen molar-refractivity contribution in [1.29, 1.82) is 0 Å². The molecule has 0 aromatic carbocycles. The lowest BCUT2D eigenvalue weighted by Gasteiger charge is -2.10. The molecule has 0 saturated carbocycles. The van der Waals surface area contributed by atoms with Crippen LogP contribution in [0.15, 0.2) is 0 Å². The highest BCUT2D eigenvalue weighted by Crippen LogP contribution is 2.11. The number of aliphatic hydroxyl groups excluding tert-OH is 20. The fourth-order valence-electron chi connectivity index (χ4n) is 1.22. The summed E-state index contributed by atoms with van der Waals surface area (Å²) < 4.78 is 0. The molecule has 0 spiro atoms. The monoisotopic (exact) mass is 692 g/mol. The Morgan fingerprint density at radius 3 is 0.295 bits per heavy atom. The Labute approximate surface area is 253 Å². The summed E-state index contributed by atoms with van der Waals surface area (Å²) in [6.45, 7) is -5.26. The van der Waals surface area contributed by atoms with Gasteiger partial charge in [-0.25, -0.2) is 0 Å². The zero-order valence-corrected chi connectivity index (χ0v) is 24.5. The maximum atomic E-state index is 8.47. The molecule has 0 aliphatic heterocycles. The molecular formula is C20H53O23P. The zero-order chi connectivity index (χ0) is 36.4. The van der Waals surface area contributed by atoms with Gasteiger partial charge in [0.25, 0.3) is 0 Å². The van der Waals surface area contributed by atoms with Crippen LogP contribution in [0.3, 0.4) is 0 Å². The van der Waals surface area contributed by atoms with Crippen molar-refractivity contribution in [2.75, 3.05) is 66.1 Å². The van der Waals surface area contributed by atoms with Gasteiger partial charge in [-0.1, -0.05) is 0 Å². The fraction of sp³-hybridized carbons (Fsp3) is 1.00. The number of hydrogen-bond donors (Lipinski definition) is 23. The van der Waals surface area contributed by atoms with Crippen molar-refractivity contribution in [3.63, 3.8) is 0 Å². The van der Waals surface area contributed by atoms with Gasteiger partial charge < -0.3 is 117 Å².